The smallest absolute Gasteiger partial charge is 0.228 e. The third kappa shape index (κ3) is 5.35. The van der Waals surface area contributed by atoms with E-state index in [1.165, 1.54) is 51.1 Å². The van der Waals surface area contributed by atoms with E-state index in [9.17, 15) is 0 Å². The maximum atomic E-state index is 5.78. The second kappa shape index (κ2) is 11.6. The fourth-order valence-corrected chi connectivity index (χ4v) is 6.92. The summed E-state index contributed by atoms with van der Waals surface area (Å²) in [7, 11) is 0. The largest absolute Gasteiger partial charge is 0.378 e. The van der Waals surface area contributed by atoms with Crippen LogP contribution in [-0.2, 0) is 20.6 Å². The number of rotatable bonds is 6. The Balaban J connectivity index is 1.57. The molecule has 3 fully saturated rings. The first kappa shape index (κ1) is 25.0. The van der Waals surface area contributed by atoms with Gasteiger partial charge in [0.1, 0.15) is 18.9 Å². The van der Waals surface area contributed by atoms with E-state index in [2.05, 4.69) is 45.6 Å². The van der Waals surface area contributed by atoms with Crippen molar-refractivity contribution in [3.05, 3.63) is 35.2 Å². The van der Waals surface area contributed by atoms with Crippen molar-refractivity contribution in [1.82, 2.24) is 9.56 Å². The van der Waals surface area contributed by atoms with Crippen molar-refractivity contribution in [2.75, 3.05) is 88.7 Å². The maximum absolute atomic E-state index is 5.78. The summed E-state index contributed by atoms with van der Waals surface area (Å²) in [6.07, 6.45) is 4.79. The van der Waals surface area contributed by atoms with Gasteiger partial charge in [0, 0.05) is 37.4 Å². The maximum Gasteiger partial charge on any atom is 0.228 e. The molecule has 0 unspecified atom stereocenters. The molecule has 7 nitrogen and oxygen atoms in total. The highest BCUT2D eigenvalue weighted by Crippen LogP contribution is 2.39. The lowest BCUT2D eigenvalue weighted by atomic mass is 10.0. The number of fused-ring (bicyclic) bond motifs is 2. The lowest BCUT2D eigenvalue weighted by Crippen LogP contribution is -2.46. The number of aromatic nitrogens is 1. The van der Waals surface area contributed by atoms with Crippen LogP contribution in [0, 0.1) is 0 Å². The van der Waals surface area contributed by atoms with Crippen LogP contribution in [0.25, 0.3) is 20.8 Å². The van der Waals surface area contributed by atoms with Gasteiger partial charge in [-0.05, 0) is 37.1 Å². The minimum Gasteiger partial charge on any atom is -0.378 e. The van der Waals surface area contributed by atoms with Gasteiger partial charge >= 0.3 is 0 Å². The van der Waals surface area contributed by atoms with Gasteiger partial charge in [0.05, 0.1) is 47.2 Å². The van der Waals surface area contributed by atoms with Crippen LogP contribution in [0.5, 0.6) is 0 Å². The Morgan fingerprint density at radius 2 is 1.57 bits per heavy atom. The molecule has 0 N–H and O–H groups in total. The molecule has 0 aromatic heterocycles. The van der Waals surface area contributed by atoms with Gasteiger partial charge in [-0.25, -0.2) is 9.56 Å². The Morgan fingerprint density at radius 3 is 2.30 bits per heavy atom. The minimum atomic E-state index is 0.775. The fourth-order valence-electron chi connectivity index (χ4n) is 5.77. The standard InChI is InChI=1S/C29H39N4O3S/c1-2-3-4-5-22-20-25-29(28(33-12-18-36-19-13-33)27(22)32-10-16-35-17-11-32)37-26-21-23(6-7-24(26)30-25)31-8-14-34-15-9-31/h6-7,20-21H,2-5,8-19H2,1H3/q+1. The lowest BCUT2D eigenvalue weighted by Gasteiger charge is -2.31. The molecule has 1 aliphatic carbocycles. The van der Waals surface area contributed by atoms with Crippen LogP contribution in [0.1, 0.15) is 31.7 Å². The minimum absolute atomic E-state index is 0.775. The quantitative estimate of drug-likeness (QED) is 0.280. The van der Waals surface area contributed by atoms with Crippen molar-refractivity contribution in [2.45, 2.75) is 32.6 Å². The summed E-state index contributed by atoms with van der Waals surface area (Å²) in [6, 6.07) is 9.17. The molecule has 1 aromatic carbocycles. The zero-order chi connectivity index (χ0) is 25.0. The molecule has 0 bridgehead atoms. The van der Waals surface area contributed by atoms with E-state index in [4.69, 9.17) is 19.2 Å². The fraction of sp³-hybridized carbons (Fsp3) is 0.586. The molecule has 37 heavy (non-hydrogen) atoms. The van der Waals surface area contributed by atoms with Gasteiger partial charge in [0.2, 0.25) is 5.36 Å². The monoisotopic (exact) mass is 523 g/mol. The molecule has 0 amide bonds. The van der Waals surface area contributed by atoms with Gasteiger partial charge in [0.25, 0.3) is 0 Å². The third-order valence-corrected chi connectivity index (χ3v) is 8.92. The number of hydrogen-bond acceptors (Lipinski definition) is 7. The molecule has 1 aromatic rings. The first-order valence-electron chi connectivity index (χ1n) is 14.0. The Bertz CT molecular complexity index is 1260. The molecular weight excluding hydrogens is 484 g/mol. The number of benzene rings is 2. The summed E-state index contributed by atoms with van der Waals surface area (Å²) in [5.41, 5.74) is 6.28. The zero-order valence-corrected chi connectivity index (χ0v) is 22.9. The molecule has 0 radical (unpaired) electrons. The highest BCUT2D eigenvalue weighted by Gasteiger charge is 2.29. The number of nitrogens with zero attached hydrogens (tertiary/aromatic N) is 4. The molecule has 4 aliphatic heterocycles. The van der Waals surface area contributed by atoms with Crippen molar-refractivity contribution >= 4 is 32.9 Å². The first-order valence-corrected chi connectivity index (χ1v) is 14.8. The molecule has 3 saturated heterocycles. The number of aryl methyl sites for hydroxylation is 1. The van der Waals surface area contributed by atoms with Gasteiger partial charge in [0.15, 0.2) is 13.1 Å². The van der Waals surface area contributed by atoms with Gasteiger partial charge in [-0.2, -0.15) is 0 Å². The molecule has 4 heterocycles. The normalized spacial score (nSPS) is 19.2. The number of morpholine rings is 3. The number of unbranched alkanes of at least 4 members (excludes halogenated alkanes) is 2. The van der Waals surface area contributed by atoms with Crippen molar-refractivity contribution in [2.24, 2.45) is 0 Å². The van der Waals surface area contributed by atoms with Crippen molar-refractivity contribution in [1.29, 1.82) is 0 Å². The molecule has 6 rings (SSSR count). The molecule has 0 saturated carbocycles. The molecular formula is C29H39N4O3S+. The van der Waals surface area contributed by atoms with Crippen LogP contribution < -0.4 is 19.7 Å². The van der Waals surface area contributed by atoms with Crippen LogP contribution >= 0.6 is 11.3 Å². The summed E-state index contributed by atoms with van der Waals surface area (Å²) in [5.74, 6) is 0. The van der Waals surface area contributed by atoms with Crippen molar-refractivity contribution in [3.63, 3.8) is 0 Å². The Labute approximate surface area is 223 Å². The zero-order valence-electron chi connectivity index (χ0n) is 22.0. The lowest BCUT2D eigenvalue weighted by molar-refractivity contribution is 0.0962. The molecule has 0 spiro atoms. The van der Waals surface area contributed by atoms with E-state index in [1.807, 2.05) is 11.3 Å². The highest BCUT2D eigenvalue weighted by molar-refractivity contribution is 7.22. The Hall–Kier alpha value is -2.26. The van der Waals surface area contributed by atoms with Crippen LogP contribution in [-0.4, -0.2) is 83.9 Å². The van der Waals surface area contributed by atoms with Crippen LogP contribution in [0.2, 0.25) is 0 Å². The molecule has 5 aliphatic rings. The van der Waals surface area contributed by atoms with Crippen molar-refractivity contribution in [3.8, 4) is 10.6 Å². The van der Waals surface area contributed by atoms with E-state index in [-0.39, 0.29) is 0 Å². The van der Waals surface area contributed by atoms with Gasteiger partial charge in [-0.3, -0.25) is 0 Å². The topological polar surface area (TPSA) is 50.1 Å². The summed E-state index contributed by atoms with van der Waals surface area (Å²) < 4.78 is 21.0. The third-order valence-electron chi connectivity index (χ3n) is 7.76. The summed E-state index contributed by atoms with van der Waals surface area (Å²) in [5, 5.41) is 1.41. The van der Waals surface area contributed by atoms with Gasteiger partial charge in [-0.15, -0.1) is 11.3 Å². The van der Waals surface area contributed by atoms with E-state index in [0.717, 1.165) is 96.5 Å². The van der Waals surface area contributed by atoms with E-state index in [0.29, 0.717) is 0 Å². The van der Waals surface area contributed by atoms with E-state index >= 15 is 0 Å². The summed E-state index contributed by atoms with van der Waals surface area (Å²) in [6.45, 7) is 12.6. The highest BCUT2D eigenvalue weighted by atomic mass is 32.1. The molecule has 198 valence electrons. The van der Waals surface area contributed by atoms with Crippen LogP contribution in [0.15, 0.2) is 24.3 Å². The van der Waals surface area contributed by atoms with Gasteiger partial charge in [-0.1, -0.05) is 19.8 Å². The number of anilines is 2. The predicted molar refractivity (Wildman–Crippen MR) is 151 cm³/mol. The SMILES string of the molecule is CCCCCc1cc2nc3ccc(N4CCOCC4)cc3sc-2c(N2CCOCC2)c1=[N+]1CCOCC1. The molecule has 0 atom stereocenters. The van der Waals surface area contributed by atoms with Gasteiger partial charge < -0.3 is 24.0 Å². The second-order valence-electron chi connectivity index (χ2n) is 10.2. The predicted octanol–water partition coefficient (Wildman–Crippen LogP) is 3.61. The molecule has 8 heteroatoms. The average Bonchev–Trinajstić information content (AvgIpc) is 2.96. The van der Waals surface area contributed by atoms with Crippen LogP contribution in [0.3, 0.4) is 0 Å². The Kier molecular flexibility index (Phi) is 7.88. The summed E-state index contributed by atoms with van der Waals surface area (Å²) >= 11 is 1.90. The van der Waals surface area contributed by atoms with E-state index < -0.39 is 0 Å². The van der Waals surface area contributed by atoms with Crippen molar-refractivity contribution < 1.29 is 14.2 Å². The summed E-state index contributed by atoms with van der Waals surface area (Å²) in [4.78, 5) is 11.6. The number of hydrogen-bond donors (Lipinski definition) is 0. The van der Waals surface area contributed by atoms with E-state index in [1.54, 1.807) is 0 Å². The van der Waals surface area contributed by atoms with Crippen LogP contribution in [0.4, 0.5) is 11.4 Å². The number of ether oxygens (including phenoxy) is 3. The average molecular weight is 524 g/mol. The first-order chi connectivity index (χ1) is 18.3. The Morgan fingerprint density at radius 1 is 0.865 bits per heavy atom. The second-order valence-corrected chi connectivity index (χ2v) is 11.3.